The summed E-state index contributed by atoms with van der Waals surface area (Å²) in [5, 5.41) is 0. The van der Waals surface area contributed by atoms with Crippen LogP contribution in [0.4, 0.5) is 0 Å². The molecule has 0 spiro atoms. The summed E-state index contributed by atoms with van der Waals surface area (Å²) in [6.45, 7) is 6.21. The summed E-state index contributed by atoms with van der Waals surface area (Å²) < 4.78 is 31.7. The minimum Gasteiger partial charge on any atom is -0.383 e. The quantitative estimate of drug-likeness (QED) is 0.723. The summed E-state index contributed by atoms with van der Waals surface area (Å²) in [5.74, 6) is 0.481. The molecule has 0 bridgehead atoms. The molecule has 0 aliphatic carbocycles. The molecule has 0 amide bonds. The van der Waals surface area contributed by atoms with Gasteiger partial charge >= 0.3 is 0 Å². The molecule has 1 heterocycles. The lowest BCUT2D eigenvalue weighted by atomic mass is 10.1. The fourth-order valence-corrected chi connectivity index (χ4v) is 4.34. The molecule has 0 radical (unpaired) electrons. The van der Waals surface area contributed by atoms with Crippen LogP contribution in [-0.4, -0.2) is 64.6 Å². The summed E-state index contributed by atoms with van der Waals surface area (Å²) in [7, 11) is 0.143. The Morgan fingerprint density at radius 2 is 2.17 bits per heavy atom. The van der Waals surface area contributed by atoms with E-state index in [-0.39, 0.29) is 5.75 Å². The Bertz CT molecular complexity index is 604. The number of aryl methyl sites for hydroxylation is 1. The standard InChI is InChI=1S/C17H28N2O3S/c1-15-5-4-6-16(11-15)14-23(20,21)18(2)12-17-7-8-19(13-17)9-10-22-3/h4-6,11,17H,7-10,12-14H2,1-3H3. The number of hydrogen-bond acceptors (Lipinski definition) is 4. The van der Waals surface area contributed by atoms with E-state index in [1.165, 1.54) is 4.31 Å². The fraction of sp³-hybridized carbons (Fsp3) is 0.647. The molecule has 2 rings (SSSR count). The monoisotopic (exact) mass is 340 g/mol. The molecule has 0 aromatic heterocycles. The van der Waals surface area contributed by atoms with Crippen molar-refractivity contribution in [3.8, 4) is 0 Å². The van der Waals surface area contributed by atoms with Crippen LogP contribution in [0.15, 0.2) is 24.3 Å². The van der Waals surface area contributed by atoms with Crippen molar-refractivity contribution in [3.63, 3.8) is 0 Å². The molecule has 1 unspecified atom stereocenters. The smallest absolute Gasteiger partial charge is 0.218 e. The minimum absolute atomic E-state index is 0.0747. The van der Waals surface area contributed by atoms with Crippen LogP contribution in [0.1, 0.15) is 17.5 Å². The number of rotatable bonds is 8. The van der Waals surface area contributed by atoms with E-state index < -0.39 is 10.0 Å². The highest BCUT2D eigenvalue weighted by Crippen LogP contribution is 2.19. The van der Waals surface area contributed by atoms with Crippen molar-refractivity contribution in [2.45, 2.75) is 19.1 Å². The van der Waals surface area contributed by atoms with Gasteiger partial charge < -0.3 is 9.64 Å². The molecule has 0 saturated carbocycles. The summed E-state index contributed by atoms with van der Waals surface area (Å²) in [6.07, 6.45) is 1.05. The molecular weight excluding hydrogens is 312 g/mol. The number of sulfonamides is 1. The highest BCUT2D eigenvalue weighted by atomic mass is 32.2. The Morgan fingerprint density at radius 1 is 1.39 bits per heavy atom. The predicted molar refractivity (Wildman–Crippen MR) is 92.9 cm³/mol. The second-order valence-corrected chi connectivity index (χ2v) is 8.55. The van der Waals surface area contributed by atoms with Crippen LogP contribution in [0, 0.1) is 12.8 Å². The van der Waals surface area contributed by atoms with Crippen LogP contribution in [0.2, 0.25) is 0 Å². The van der Waals surface area contributed by atoms with Gasteiger partial charge in [-0.3, -0.25) is 0 Å². The zero-order chi connectivity index (χ0) is 16.9. The molecule has 1 atom stereocenters. The highest BCUT2D eigenvalue weighted by molar-refractivity contribution is 7.88. The van der Waals surface area contributed by atoms with Crippen LogP contribution < -0.4 is 0 Å². The molecule has 1 saturated heterocycles. The maximum Gasteiger partial charge on any atom is 0.218 e. The number of ether oxygens (including phenoxy) is 1. The lowest BCUT2D eigenvalue weighted by Crippen LogP contribution is -2.34. The summed E-state index contributed by atoms with van der Waals surface area (Å²) in [4.78, 5) is 2.34. The van der Waals surface area contributed by atoms with Crippen LogP contribution in [-0.2, 0) is 20.5 Å². The maximum atomic E-state index is 12.5. The topological polar surface area (TPSA) is 49.9 Å². The zero-order valence-corrected chi connectivity index (χ0v) is 15.2. The maximum absolute atomic E-state index is 12.5. The van der Waals surface area contributed by atoms with Crippen LogP contribution in [0.3, 0.4) is 0 Å². The molecule has 130 valence electrons. The van der Waals surface area contributed by atoms with Gasteiger partial charge in [0.15, 0.2) is 0 Å². The second kappa shape index (κ2) is 8.24. The van der Waals surface area contributed by atoms with E-state index in [1.54, 1.807) is 14.2 Å². The first-order valence-electron chi connectivity index (χ1n) is 8.11. The predicted octanol–water partition coefficient (Wildman–Crippen LogP) is 1.72. The van der Waals surface area contributed by atoms with E-state index in [9.17, 15) is 8.42 Å². The third-order valence-electron chi connectivity index (χ3n) is 4.40. The van der Waals surface area contributed by atoms with Crippen molar-refractivity contribution in [2.24, 2.45) is 5.92 Å². The number of hydrogen-bond donors (Lipinski definition) is 0. The van der Waals surface area contributed by atoms with Gasteiger partial charge in [0, 0.05) is 33.8 Å². The van der Waals surface area contributed by atoms with E-state index in [0.29, 0.717) is 12.5 Å². The Kier molecular flexibility index (Phi) is 6.59. The van der Waals surface area contributed by atoms with Gasteiger partial charge in [0.25, 0.3) is 0 Å². The number of nitrogens with zero attached hydrogens (tertiary/aromatic N) is 2. The van der Waals surface area contributed by atoms with Crippen LogP contribution in [0.25, 0.3) is 0 Å². The van der Waals surface area contributed by atoms with Crippen molar-refractivity contribution in [1.29, 1.82) is 0 Å². The van der Waals surface area contributed by atoms with Gasteiger partial charge in [-0.15, -0.1) is 0 Å². The van der Waals surface area contributed by atoms with Gasteiger partial charge in [-0.2, -0.15) is 0 Å². The Labute approximate surface area is 140 Å². The van der Waals surface area contributed by atoms with E-state index >= 15 is 0 Å². The number of benzene rings is 1. The largest absolute Gasteiger partial charge is 0.383 e. The second-order valence-electron chi connectivity index (χ2n) is 6.47. The van der Waals surface area contributed by atoms with E-state index in [0.717, 1.165) is 43.8 Å². The van der Waals surface area contributed by atoms with E-state index in [1.807, 2.05) is 31.2 Å². The fourth-order valence-electron chi connectivity index (χ4n) is 3.09. The summed E-state index contributed by atoms with van der Waals surface area (Å²) in [5.41, 5.74) is 1.94. The van der Waals surface area contributed by atoms with Crippen molar-refractivity contribution >= 4 is 10.0 Å². The molecule has 6 heteroatoms. The summed E-state index contributed by atoms with van der Waals surface area (Å²) in [6, 6.07) is 7.70. The molecule has 23 heavy (non-hydrogen) atoms. The zero-order valence-electron chi connectivity index (χ0n) is 14.4. The van der Waals surface area contributed by atoms with Gasteiger partial charge in [0.05, 0.1) is 12.4 Å². The van der Waals surface area contributed by atoms with Gasteiger partial charge in [-0.1, -0.05) is 29.8 Å². The Morgan fingerprint density at radius 3 is 2.87 bits per heavy atom. The van der Waals surface area contributed by atoms with E-state index in [2.05, 4.69) is 4.90 Å². The van der Waals surface area contributed by atoms with E-state index in [4.69, 9.17) is 4.74 Å². The first kappa shape index (κ1) is 18.4. The Hall–Kier alpha value is -0.950. The molecule has 1 fully saturated rings. The first-order valence-corrected chi connectivity index (χ1v) is 9.72. The van der Waals surface area contributed by atoms with Crippen molar-refractivity contribution in [3.05, 3.63) is 35.4 Å². The molecule has 1 aliphatic rings. The molecule has 1 aromatic rings. The van der Waals surface area contributed by atoms with Crippen LogP contribution in [0.5, 0.6) is 0 Å². The molecule has 1 aromatic carbocycles. The Balaban J connectivity index is 1.88. The summed E-state index contributed by atoms with van der Waals surface area (Å²) >= 11 is 0. The van der Waals surface area contributed by atoms with Crippen molar-refractivity contribution < 1.29 is 13.2 Å². The third-order valence-corrected chi connectivity index (χ3v) is 6.20. The third kappa shape index (κ3) is 5.57. The number of likely N-dealkylation sites (tertiary alicyclic amines) is 1. The minimum atomic E-state index is -3.26. The van der Waals surface area contributed by atoms with Gasteiger partial charge in [0.2, 0.25) is 10.0 Å². The molecule has 1 aliphatic heterocycles. The average molecular weight is 340 g/mol. The molecule has 5 nitrogen and oxygen atoms in total. The van der Waals surface area contributed by atoms with Crippen molar-refractivity contribution in [2.75, 3.05) is 46.9 Å². The normalized spacial score (nSPS) is 19.6. The highest BCUT2D eigenvalue weighted by Gasteiger charge is 2.27. The number of methoxy groups -OCH3 is 1. The lowest BCUT2D eigenvalue weighted by Gasteiger charge is -2.21. The molecule has 0 N–H and O–H groups in total. The lowest BCUT2D eigenvalue weighted by molar-refractivity contribution is 0.158. The SMILES string of the molecule is COCCN1CCC(CN(C)S(=O)(=O)Cc2cccc(C)c2)C1. The van der Waals surface area contributed by atoms with Gasteiger partial charge in [-0.25, -0.2) is 12.7 Å². The van der Waals surface area contributed by atoms with Gasteiger partial charge in [0.1, 0.15) is 0 Å². The first-order chi connectivity index (χ1) is 10.9. The van der Waals surface area contributed by atoms with Gasteiger partial charge in [-0.05, 0) is 31.4 Å². The molecular formula is C17H28N2O3S. The average Bonchev–Trinajstić information content (AvgIpc) is 2.92. The van der Waals surface area contributed by atoms with Crippen LogP contribution >= 0.6 is 0 Å². The van der Waals surface area contributed by atoms with Crippen molar-refractivity contribution in [1.82, 2.24) is 9.21 Å².